The number of hydrogen-bond acceptors (Lipinski definition) is 5. The van der Waals surface area contributed by atoms with Crippen molar-refractivity contribution in [1.82, 2.24) is 25.6 Å². The largest absolute Gasteiger partial charge is 0.271 e. The molecule has 1 fully saturated rings. The lowest BCUT2D eigenvalue weighted by Gasteiger charge is -2.31. The molecule has 1 saturated carbocycles. The van der Waals surface area contributed by atoms with E-state index in [1.165, 1.54) is 4.80 Å². The van der Waals surface area contributed by atoms with Crippen LogP contribution in [-0.2, 0) is 11.3 Å². The maximum atomic E-state index is 11.9. The van der Waals surface area contributed by atoms with E-state index in [2.05, 4.69) is 38.1 Å². The zero-order valence-electron chi connectivity index (χ0n) is 12.5. The van der Waals surface area contributed by atoms with Gasteiger partial charge in [-0.2, -0.15) is 9.90 Å². The molecule has 1 aromatic carbocycles. The summed E-state index contributed by atoms with van der Waals surface area (Å²) in [5.41, 5.74) is 4.53. The van der Waals surface area contributed by atoms with Gasteiger partial charge in [0.1, 0.15) is 6.54 Å². The van der Waals surface area contributed by atoms with E-state index < -0.39 is 0 Å². The van der Waals surface area contributed by atoms with Crippen molar-refractivity contribution < 1.29 is 4.79 Å². The minimum atomic E-state index is -0.246. The number of tetrazole rings is 1. The Balaban J connectivity index is 1.34. The van der Waals surface area contributed by atoms with Gasteiger partial charge >= 0.3 is 0 Å². The Bertz CT molecular complexity index is 779. The highest BCUT2D eigenvalue weighted by molar-refractivity contribution is 5.94. The standard InChI is InChI=1S/C16H16N6O/c23-15(18-17-14-9-12-7-4-8-13(12)14)10-22-20-16(19-21-22)11-5-2-1-3-6-11/h1-7,12-13H,8-10H2,(H,18,23)/b17-14-/t12-,13+/m0/s1. The highest BCUT2D eigenvalue weighted by Gasteiger charge is 2.37. The van der Waals surface area contributed by atoms with Crippen molar-refractivity contribution in [2.75, 3.05) is 0 Å². The fourth-order valence-electron chi connectivity index (χ4n) is 2.97. The van der Waals surface area contributed by atoms with Crippen LogP contribution in [0, 0.1) is 11.8 Å². The maximum Gasteiger partial charge on any atom is 0.263 e. The third kappa shape index (κ3) is 2.77. The first-order chi connectivity index (χ1) is 11.3. The quantitative estimate of drug-likeness (QED) is 0.683. The monoisotopic (exact) mass is 308 g/mol. The summed E-state index contributed by atoms with van der Waals surface area (Å²) in [7, 11) is 0. The first-order valence-electron chi connectivity index (χ1n) is 7.65. The summed E-state index contributed by atoms with van der Waals surface area (Å²) >= 11 is 0. The van der Waals surface area contributed by atoms with E-state index in [1.54, 1.807) is 0 Å². The van der Waals surface area contributed by atoms with Crippen LogP contribution in [0.5, 0.6) is 0 Å². The summed E-state index contributed by atoms with van der Waals surface area (Å²) < 4.78 is 0. The van der Waals surface area contributed by atoms with Gasteiger partial charge in [-0.25, -0.2) is 5.43 Å². The molecule has 0 radical (unpaired) electrons. The van der Waals surface area contributed by atoms with Crippen LogP contribution in [0.2, 0.25) is 0 Å². The van der Waals surface area contributed by atoms with E-state index in [4.69, 9.17) is 0 Å². The first kappa shape index (κ1) is 13.8. The second kappa shape index (κ2) is 5.75. The molecule has 2 aliphatic rings. The van der Waals surface area contributed by atoms with Crippen LogP contribution in [0.3, 0.4) is 0 Å². The van der Waals surface area contributed by atoms with Crippen molar-refractivity contribution in [1.29, 1.82) is 0 Å². The van der Waals surface area contributed by atoms with Crippen molar-refractivity contribution in [3.63, 3.8) is 0 Å². The number of nitrogens with zero attached hydrogens (tertiary/aromatic N) is 5. The second-order valence-corrected chi connectivity index (χ2v) is 5.79. The summed E-state index contributed by atoms with van der Waals surface area (Å²) in [6.07, 6.45) is 6.39. The first-order valence-corrected chi connectivity index (χ1v) is 7.65. The molecule has 0 bridgehead atoms. The number of fused-ring (bicyclic) bond motifs is 1. The SMILES string of the molecule is O=C(Cn1nnc(-c2ccccc2)n1)N/N=C1/C[C@@H]2C=CC[C@@H]12. The zero-order valence-corrected chi connectivity index (χ0v) is 12.5. The number of amides is 1. The molecule has 7 heteroatoms. The van der Waals surface area contributed by atoms with Crippen molar-refractivity contribution in [2.45, 2.75) is 19.4 Å². The van der Waals surface area contributed by atoms with Crippen LogP contribution in [0.15, 0.2) is 47.6 Å². The highest BCUT2D eigenvalue weighted by atomic mass is 16.2. The van der Waals surface area contributed by atoms with Gasteiger partial charge in [-0.15, -0.1) is 10.2 Å². The Kier molecular flexibility index (Phi) is 3.45. The molecule has 0 saturated heterocycles. The average Bonchev–Trinajstić information content (AvgIpc) is 3.16. The number of hydrogen-bond donors (Lipinski definition) is 1. The van der Waals surface area contributed by atoms with Gasteiger partial charge in [0.25, 0.3) is 5.91 Å². The molecule has 7 nitrogen and oxygen atoms in total. The summed E-state index contributed by atoms with van der Waals surface area (Å²) in [4.78, 5) is 13.2. The van der Waals surface area contributed by atoms with Crippen LogP contribution < -0.4 is 5.43 Å². The van der Waals surface area contributed by atoms with Gasteiger partial charge in [0.05, 0.1) is 0 Å². The van der Waals surface area contributed by atoms with E-state index in [-0.39, 0.29) is 12.5 Å². The van der Waals surface area contributed by atoms with Crippen LogP contribution >= 0.6 is 0 Å². The summed E-state index contributed by atoms with van der Waals surface area (Å²) in [6, 6.07) is 9.53. The van der Waals surface area contributed by atoms with E-state index in [0.717, 1.165) is 24.1 Å². The zero-order chi connectivity index (χ0) is 15.6. The van der Waals surface area contributed by atoms with Gasteiger partial charge in [-0.1, -0.05) is 42.5 Å². The number of aromatic nitrogens is 4. The molecule has 1 amide bonds. The van der Waals surface area contributed by atoms with Gasteiger partial charge < -0.3 is 0 Å². The molecule has 2 atom stereocenters. The molecular weight excluding hydrogens is 292 g/mol. The smallest absolute Gasteiger partial charge is 0.263 e. The van der Waals surface area contributed by atoms with Gasteiger partial charge in [0.15, 0.2) is 0 Å². The molecule has 1 heterocycles. The Morgan fingerprint density at radius 3 is 3.04 bits per heavy atom. The van der Waals surface area contributed by atoms with Crippen molar-refractivity contribution >= 4 is 11.6 Å². The van der Waals surface area contributed by atoms with Gasteiger partial charge in [-0.3, -0.25) is 4.79 Å². The van der Waals surface area contributed by atoms with E-state index in [9.17, 15) is 4.79 Å². The van der Waals surface area contributed by atoms with E-state index in [1.807, 2.05) is 30.3 Å². The van der Waals surface area contributed by atoms with Crippen molar-refractivity contribution in [3.8, 4) is 11.4 Å². The molecule has 2 aliphatic carbocycles. The molecule has 0 aliphatic heterocycles. The van der Waals surface area contributed by atoms with Gasteiger partial charge in [0.2, 0.25) is 5.82 Å². The van der Waals surface area contributed by atoms with Crippen LogP contribution in [-0.4, -0.2) is 31.8 Å². The summed E-state index contributed by atoms with van der Waals surface area (Å²) in [6.45, 7) is 0.00294. The third-order valence-electron chi connectivity index (χ3n) is 4.26. The molecular formula is C16H16N6O. The average molecular weight is 308 g/mol. The van der Waals surface area contributed by atoms with E-state index >= 15 is 0 Å². The number of hydrazone groups is 1. The van der Waals surface area contributed by atoms with Crippen LogP contribution in [0.25, 0.3) is 11.4 Å². The predicted octanol–water partition coefficient (Wildman–Crippen LogP) is 1.41. The molecule has 116 valence electrons. The summed E-state index contributed by atoms with van der Waals surface area (Å²) in [5, 5.41) is 16.3. The Morgan fingerprint density at radius 2 is 2.22 bits per heavy atom. The molecule has 2 aromatic rings. The third-order valence-corrected chi connectivity index (χ3v) is 4.26. The molecule has 0 spiro atoms. The Hall–Kier alpha value is -2.83. The molecule has 1 aromatic heterocycles. The number of carbonyl (C=O) groups is 1. The lowest BCUT2D eigenvalue weighted by Crippen LogP contribution is -2.36. The topological polar surface area (TPSA) is 85.1 Å². The van der Waals surface area contributed by atoms with Crippen molar-refractivity contribution in [2.24, 2.45) is 16.9 Å². The van der Waals surface area contributed by atoms with Crippen LogP contribution in [0.4, 0.5) is 0 Å². The molecule has 0 unspecified atom stereocenters. The minimum absolute atomic E-state index is 0.00294. The molecule has 4 rings (SSSR count). The Labute approximate surface area is 133 Å². The number of benzene rings is 1. The lowest BCUT2D eigenvalue weighted by molar-refractivity contribution is -0.122. The second-order valence-electron chi connectivity index (χ2n) is 5.79. The van der Waals surface area contributed by atoms with Gasteiger partial charge in [0, 0.05) is 17.2 Å². The molecule has 23 heavy (non-hydrogen) atoms. The predicted molar refractivity (Wildman–Crippen MR) is 84.2 cm³/mol. The maximum absolute atomic E-state index is 11.9. The normalized spacial score (nSPS) is 23.6. The van der Waals surface area contributed by atoms with Gasteiger partial charge in [-0.05, 0) is 24.0 Å². The summed E-state index contributed by atoms with van der Waals surface area (Å²) in [5.74, 6) is 1.37. The number of carbonyl (C=O) groups excluding carboxylic acids is 1. The highest BCUT2D eigenvalue weighted by Crippen LogP contribution is 2.39. The molecule has 1 N–H and O–H groups in total. The number of allylic oxidation sites excluding steroid dienone is 2. The van der Waals surface area contributed by atoms with Crippen molar-refractivity contribution in [3.05, 3.63) is 42.5 Å². The fraction of sp³-hybridized carbons (Fsp3) is 0.312. The van der Waals surface area contributed by atoms with E-state index in [0.29, 0.717) is 17.7 Å². The minimum Gasteiger partial charge on any atom is -0.271 e. The Morgan fingerprint density at radius 1 is 1.35 bits per heavy atom. The fourth-order valence-corrected chi connectivity index (χ4v) is 2.97. The number of nitrogens with one attached hydrogen (secondary N) is 1. The van der Waals surface area contributed by atoms with Crippen LogP contribution in [0.1, 0.15) is 12.8 Å². The lowest BCUT2D eigenvalue weighted by atomic mass is 9.74. The number of rotatable bonds is 4.